The van der Waals surface area contributed by atoms with Crippen LogP contribution in [0.25, 0.3) is 0 Å². The van der Waals surface area contributed by atoms with Crippen LogP contribution in [0, 0.1) is 5.82 Å². The zero-order valence-electron chi connectivity index (χ0n) is 13.3. The fraction of sp³-hybridized carbons (Fsp3) is 0.500. The first-order valence-corrected chi connectivity index (χ1v) is 8.86. The van der Waals surface area contributed by atoms with Crippen LogP contribution in [-0.2, 0) is 16.6 Å². The molecule has 0 aliphatic carbocycles. The summed E-state index contributed by atoms with van der Waals surface area (Å²) < 4.78 is 38.1. The maximum absolute atomic E-state index is 13.1. The molecule has 0 fully saturated rings. The second kappa shape index (κ2) is 11.6. The smallest absolute Gasteiger partial charge is 0.211 e. The van der Waals surface area contributed by atoms with Gasteiger partial charge in [-0.05, 0) is 31.5 Å². The Morgan fingerprint density at radius 2 is 1.96 bits per heavy atom. The van der Waals surface area contributed by atoms with Crippen LogP contribution in [0.5, 0.6) is 0 Å². The first-order valence-electron chi connectivity index (χ1n) is 7.20. The summed E-state index contributed by atoms with van der Waals surface area (Å²) in [5, 5.41) is 6.07. The third kappa shape index (κ3) is 9.72. The number of hydrogen-bond acceptors (Lipinski definition) is 3. The fourth-order valence-electron chi connectivity index (χ4n) is 1.64. The summed E-state index contributed by atoms with van der Waals surface area (Å²) in [6.07, 6.45) is 0. The standard InChI is InChI=1S/C14H23FN4O2S.HI/c1-3-16-14(17-8-9-19-22(20,21)4-2)18-11-12-6-5-7-13(15)10-12;/h5-7,10,19H,3-4,8-9,11H2,1-2H3,(H2,16,17,18);1H. The van der Waals surface area contributed by atoms with Crippen LogP contribution in [0.1, 0.15) is 19.4 Å². The van der Waals surface area contributed by atoms with Gasteiger partial charge in [-0.1, -0.05) is 12.1 Å². The molecule has 1 aromatic rings. The first kappa shape index (κ1) is 22.1. The summed E-state index contributed by atoms with van der Waals surface area (Å²) in [7, 11) is -3.18. The third-order valence-corrected chi connectivity index (χ3v) is 4.18. The van der Waals surface area contributed by atoms with Crippen LogP contribution < -0.4 is 15.4 Å². The molecule has 3 N–H and O–H groups in total. The molecule has 23 heavy (non-hydrogen) atoms. The topological polar surface area (TPSA) is 82.6 Å². The molecule has 1 rings (SSSR count). The van der Waals surface area contributed by atoms with Crippen LogP contribution in [0.4, 0.5) is 4.39 Å². The van der Waals surface area contributed by atoms with Crippen molar-refractivity contribution >= 4 is 40.0 Å². The maximum atomic E-state index is 13.1. The molecule has 0 unspecified atom stereocenters. The molecule has 9 heteroatoms. The minimum absolute atomic E-state index is 0. The predicted octanol–water partition coefficient (Wildman–Crippen LogP) is 1.44. The Labute approximate surface area is 154 Å². The molecule has 0 aliphatic heterocycles. The van der Waals surface area contributed by atoms with Crippen molar-refractivity contribution in [1.29, 1.82) is 0 Å². The highest BCUT2D eigenvalue weighted by atomic mass is 127. The summed E-state index contributed by atoms with van der Waals surface area (Å²) in [6, 6.07) is 6.25. The van der Waals surface area contributed by atoms with Gasteiger partial charge in [-0.15, -0.1) is 24.0 Å². The molecule has 132 valence electrons. The van der Waals surface area contributed by atoms with Crippen molar-refractivity contribution in [1.82, 2.24) is 15.4 Å². The Hall–Kier alpha value is -0.940. The van der Waals surface area contributed by atoms with Gasteiger partial charge in [0.1, 0.15) is 5.82 Å². The first-order chi connectivity index (χ1) is 10.5. The number of aliphatic imine (C=N–C) groups is 1. The molecule has 0 heterocycles. The zero-order valence-corrected chi connectivity index (χ0v) is 16.4. The lowest BCUT2D eigenvalue weighted by Crippen LogP contribution is -2.41. The number of nitrogens with one attached hydrogen (secondary N) is 3. The molecular weight excluding hydrogens is 434 g/mol. The number of hydrogen-bond donors (Lipinski definition) is 3. The van der Waals surface area contributed by atoms with E-state index in [9.17, 15) is 12.8 Å². The molecule has 0 saturated carbocycles. The summed E-state index contributed by atoms with van der Waals surface area (Å²) in [5.74, 6) is 0.322. The SMILES string of the molecule is CCNC(=NCc1cccc(F)c1)NCCNS(=O)(=O)CC.I. The Bertz CT molecular complexity index is 596. The van der Waals surface area contributed by atoms with E-state index in [0.717, 1.165) is 5.56 Å². The average molecular weight is 458 g/mol. The Kier molecular flexibility index (Phi) is 11.1. The summed E-state index contributed by atoms with van der Waals surface area (Å²) >= 11 is 0. The number of nitrogens with zero attached hydrogens (tertiary/aromatic N) is 1. The van der Waals surface area contributed by atoms with Crippen LogP contribution >= 0.6 is 24.0 Å². The van der Waals surface area contributed by atoms with E-state index in [-0.39, 0.29) is 42.1 Å². The highest BCUT2D eigenvalue weighted by Gasteiger charge is 2.05. The fourth-order valence-corrected chi connectivity index (χ4v) is 2.25. The molecule has 6 nitrogen and oxygen atoms in total. The molecule has 0 amide bonds. The monoisotopic (exact) mass is 458 g/mol. The van der Waals surface area contributed by atoms with Gasteiger partial charge in [0.25, 0.3) is 0 Å². The van der Waals surface area contributed by atoms with Crippen molar-refractivity contribution in [3.63, 3.8) is 0 Å². The molecular formula is C14H24FIN4O2S. The van der Waals surface area contributed by atoms with Gasteiger partial charge in [0, 0.05) is 19.6 Å². The molecule has 0 spiro atoms. The molecule has 0 radical (unpaired) electrons. The second-order valence-electron chi connectivity index (χ2n) is 4.55. The maximum Gasteiger partial charge on any atom is 0.211 e. The zero-order chi connectivity index (χ0) is 16.4. The lowest BCUT2D eigenvalue weighted by Gasteiger charge is -2.11. The van der Waals surface area contributed by atoms with E-state index in [2.05, 4.69) is 20.3 Å². The summed E-state index contributed by atoms with van der Waals surface area (Å²) in [6.45, 7) is 5.22. The van der Waals surface area contributed by atoms with Gasteiger partial charge in [0.05, 0.1) is 12.3 Å². The highest BCUT2D eigenvalue weighted by molar-refractivity contribution is 14.0. The van der Waals surface area contributed by atoms with Crippen molar-refractivity contribution in [2.75, 3.05) is 25.4 Å². The quantitative estimate of drug-likeness (QED) is 0.238. The van der Waals surface area contributed by atoms with Crippen molar-refractivity contribution in [2.24, 2.45) is 4.99 Å². The van der Waals surface area contributed by atoms with Gasteiger partial charge in [-0.3, -0.25) is 0 Å². The highest BCUT2D eigenvalue weighted by Crippen LogP contribution is 2.04. The predicted molar refractivity (Wildman–Crippen MR) is 102 cm³/mol. The van der Waals surface area contributed by atoms with E-state index in [4.69, 9.17) is 0 Å². The molecule has 1 aromatic carbocycles. The van der Waals surface area contributed by atoms with Crippen LogP contribution in [-0.4, -0.2) is 39.8 Å². The number of guanidine groups is 1. The van der Waals surface area contributed by atoms with Gasteiger partial charge >= 0.3 is 0 Å². The van der Waals surface area contributed by atoms with Gasteiger partial charge in [0.15, 0.2) is 5.96 Å². The summed E-state index contributed by atoms with van der Waals surface area (Å²) in [5.41, 5.74) is 0.767. The minimum Gasteiger partial charge on any atom is -0.357 e. The van der Waals surface area contributed by atoms with E-state index in [0.29, 0.717) is 25.6 Å². The van der Waals surface area contributed by atoms with Gasteiger partial charge < -0.3 is 10.6 Å². The molecule has 0 bridgehead atoms. The van der Waals surface area contributed by atoms with E-state index in [1.807, 2.05) is 6.92 Å². The third-order valence-electron chi connectivity index (χ3n) is 2.77. The van der Waals surface area contributed by atoms with E-state index < -0.39 is 10.0 Å². The summed E-state index contributed by atoms with van der Waals surface area (Å²) in [4.78, 5) is 4.33. The Morgan fingerprint density at radius 3 is 2.57 bits per heavy atom. The lowest BCUT2D eigenvalue weighted by molar-refractivity contribution is 0.582. The number of sulfonamides is 1. The van der Waals surface area contributed by atoms with Crippen molar-refractivity contribution in [3.8, 4) is 0 Å². The molecule has 0 saturated heterocycles. The van der Waals surface area contributed by atoms with Crippen molar-refractivity contribution in [2.45, 2.75) is 20.4 Å². The number of halogens is 2. The van der Waals surface area contributed by atoms with Gasteiger partial charge in [-0.2, -0.15) is 0 Å². The minimum atomic E-state index is -3.18. The van der Waals surface area contributed by atoms with E-state index >= 15 is 0 Å². The second-order valence-corrected chi connectivity index (χ2v) is 6.65. The number of rotatable bonds is 8. The molecule has 0 atom stereocenters. The van der Waals surface area contributed by atoms with E-state index in [1.54, 1.807) is 19.1 Å². The van der Waals surface area contributed by atoms with Crippen molar-refractivity contribution < 1.29 is 12.8 Å². The lowest BCUT2D eigenvalue weighted by atomic mass is 10.2. The average Bonchev–Trinajstić information content (AvgIpc) is 2.49. The van der Waals surface area contributed by atoms with Crippen molar-refractivity contribution in [3.05, 3.63) is 35.6 Å². The van der Waals surface area contributed by atoms with Crippen LogP contribution in [0.3, 0.4) is 0 Å². The van der Waals surface area contributed by atoms with Gasteiger partial charge in [-0.25, -0.2) is 22.5 Å². The molecule has 0 aliphatic rings. The van der Waals surface area contributed by atoms with Crippen LogP contribution in [0.2, 0.25) is 0 Å². The van der Waals surface area contributed by atoms with Crippen LogP contribution in [0.15, 0.2) is 29.3 Å². The number of benzene rings is 1. The van der Waals surface area contributed by atoms with Gasteiger partial charge in [0.2, 0.25) is 10.0 Å². The van der Waals surface area contributed by atoms with E-state index in [1.165, 1.54) is 12.1 Å². The molecule has 0 aromatic heterocycles. The Balaban J connectivity index is 0.00000484. The largest absolute Gasteiger partial charge is 0.357 e. The Morgan fingerprint density at radius 1 is 1.22 bits per heavy atom. The normalized spacial score (nSPS) is 11.7.